The number of hydroxylamine groups is 1. The third-order valence-corrected chi connectivity index (χ3v) is 0.277. The molecule has 0 aliphatic carbocycles. The van der Waals surface area contributed by atoms with Crippen molar-refractivity contribution in [3.63, 3.8) is 0 Å². The van der Waals surface area contributed by atoms with Crippen LogP contribution in [-0.4, -0.2) is 29.5 Å². The Hall–Kier alpha value is -0.762. The smallest absolute Gasteiger partial charge is 0.379 e. The van der Waals surface area contributed by atoms with E-state index < -0.39 is 6.03 Å². The molecule has 9 nitrogen and oxygen atoms in total. The van der Waals surface area contributed by atoms with Gasteiger partial charge in [-0.25, -0.2) is 10.3 Å². The monoisotopic (exact) mass is 378 g/mol. The van der Waals surface area contributed by atoms with Crippen LogP contribution < -0.4 is 22.7 Å². The van der Waals surface area contributed by atoms with Crippen LogP contribution in [0.3, 0.4) is 0 Å². The Morgan fingerprint density at radius 2 is 1.54 bits per heavy atom. The van der Waals surface area contributed by atoms with Gasteiger partial charge < -0.3 is 22.4 Å². The van der Waals surface area contributed by atoms with Gasteiger partial charge in [-0.1, -0.05) is 0 Å². The fraction of sp³-hybridized carbons (Fsp3) is 0.667. The molecule has 10 heteroatoms. The number of rotatable bonds is 1. The molecule has 0 heterocycles. The number of carbonyl (C=O) groups is 1. The van der Waals surface area contributed by atoms with Crippen molar-refractivity contribution in [2.24, 2.45) is 22.5 Å². The summed E-state index contributed by atoms with van der Waals surface area (Å²) in [5.74, 6) is 0. The van der Waals surface area contributed by atoms with E-state index >= 15 is 0 Å². The minimum atomic E-state index is -0.940. The second-order valence-corrected chi connectivity index (χ2v) is 1.14. The molecular weight excluding hydrogens is 365 g/mol. The molecule has 0 saturated carbocycles. The zero-order chi connectivity index (χ0) is 10.4. The molecule has 0 bridgehead atoms. The summed E-state index contributed by atoms with van der Waals surface area (Å²) >= 11 is 0. The molecule has 0 saturated heterocycles. The van der Waals surface area contributed by atoms with E-state index in [0.717, 1.165) is 0 Å². The van der Waals surface area contributed by atoms with Crippen molar-refractivity contribution in [3.8, 4) is 0 Å². The molecule has 0 aromatic carbocycles. The minimum absolute atomic E-state index is 0. The zero-order valence-corrected chi connectivity index (χ0v) is 8.89. The molecule has 0 spiro atoms. The number of urea groups is 1. The summed E-state index contributed by atoms with van der Waals surface area (Å²) < 4.78 is 0. The molecule has 13 heavy (non-hydrogen) atoms. The van der Waals surface area contributed by atoms with Crippen LogP contribution in [0.2, 0.25) is 0 Å². The average molecular weight is 378 g/mol. The van der Waals surface area contributed by atoms with Crippen LogP contribution in [0.4, 0.5) is 4.79 Å². The van der Waals surface area contributed by atoms with Gasteiger partial charge in [0.25, 0.3) is 0 Å². The molecule has 0 aromatic rings. The third-order valence-electron chi connectivity index (χ3n) is 0.277. The normalized spacial score (nSPS) is 5.77. The van der Waals surface area contributed by atoms with Gasteiger partial charge in [0.1, 0.15) is 0 Å². The number of hydrogen-bond acceptors (Lipinski definition) is 6. The van der Waals surface area contributed by atoms with Gasteiger partial charge in [0.05, 0.1) is 0 Å². The number of hydrogen-bond donors (Lipinski definition) is 6. The first kappa shape index (κ1) is 22.8. The Balaban J connectivity index is -0.0000000465. The van der Waals surface area contributed by atoms with Gasteiger partial charge >= 0.3 is 27.1 Å². The number of nitrogens with zero attached hydrogens (tertiary/aromatic N) is 1. The fourth-order valence-corrected chi connectivity index (χ4v) is 0. The van der Waals surface area contributed by atoms with Gasteiger partial charge in [-0.15, -0.1) is 4.91 Å². The Kier molecular flexibility index (Phi) is 53.0. The van der Waals surface area contributed by atoms with Crippen molar-refractivity contribution in [3.05, 3.63) is 4.91 Å². The van der Waals surface area contributed by atoms with Crippen LogP contribution in [0.25, 0.3) is 0 Å². The van der Waals surface area contributed by atoms with E-state index in [1.54, 1.807) is 0 Å². The van der Waals surface area contributed by atoms with Crippen molar-refractivity contribution in [1.82, 2.24) is 5.48 Å². The molecule has 2 amide bonds. The molecule has 0 unspecified atom stereocenters. The molecule has 0 aromatic heterocycles. The van der Waals surface area contributed by atoms with Crippen LogP contribution in [0.15, 0.2) is 5.34 Å². The number of nitrogens with two attached hydrogens (primary N) is 3. The van der Waals surface area contributed by atoms with E-state index in [1.165, 1.54) is 10.8 Å². The Morgan fingerprint density at radius 3 is 1.54 bits per heavy atom. The largest absolute Gasteiger partial charge is 4.00 e. The van der Waals surface area contributed by atoms with Crippen molar-refractivity contribution in [2.45, 2.75) is 0 Å². The summed E-state index contributed by atoms with van der Waals surface area (Å²) in [7, 11) is 0. The molecule has 0 fully saturated rings. The topological polar surface area (TPSA) is 177 Å². The molecular formula is C3H13N5O4Pt+4. The maximum Gasteiger partial charge on any atom is 4.00 e. The first-order valence-corrected chi connectivity index (χ1v) is 2.67. The summed E-state index contributed by atoms with van der Waals surface area (Å²) in [5, 5.41) is 15.3. The van der Waals surface area contributed by atoms with Gasteiger partial charge in [0, 0.05) is 13.1 Å². The number of carbonyl (C=O) groups excluding carboxylic acids is 1. The maximum absolute atomic E-state index is 9.23. The van der Waals surface area contributed by atoms with Gasteiger partial charge in [-0.3, -0.25) is 5.21 Å². The Morgan fingerprint density at radius 1 is 1.38 bits per heavy atom. The standard InChI is InChI=1S/C2H8N2.CH4N2O2.HNO2.Pt/c3-1-2-4;2-1(4)3-5;2-1-3;/h1-4H2;5H,(H3,2,3,4);(H,2,3);/q;;;+4. The third kappa shape index (κ3) is 191. The van der Waals surface area contributed by atoms with Crippen molar-refractivity contribution >= 4 is 6.03 Å². The Labute approximate surface area is 88.8 Å². The predicted molar refractivity (Wildman–Crippen MR) is 40.2 cm³/mol. The van der Waals surface area contributed by atoms with Gasteiger partial charge in [-0.05, 0) is 0 Å². The molecule has 0 radical (unpaired) electrons. The number of primary amides is 1. The first-order valence-electron chi connectivity index (χ1n) is 2.67. The molecule has 0 aliphatic rings. The first-order chi connectivity index (χ1) is 5.60. The second-order valence-electron chi connectivity index (χ2n) is 1.14. The molecule has 0 aliphatic heterocycles. The molecule has 80 valence electrons. The summed E-state index contributed by atoms with van der Waals surface area (Å²) in [4.78, 5) is 17.3. The second kappa shape index (κ2) is 30.3. The Bertz CT molecular complexity index is 102. The van der Waals surface area contributed by atoms with Crippen molar-refractivity contribution in [2.75, 3.05) is 13.1 Å². The van der Waals surface area contributed by atoms with E-state index in [-0.39, 0.29) is 21.1 Å². The van der Waals surface area contributed by atoms with Gasteiger partial charge in [0.15, 0.2) is 5.34 Å². The van der Waals surface area contributed by atoms with Crippen LogP contribution in [0, 0.1) is 4.91 Å². The van der Waals surface area contributed by atoms with Crippen LogP contribution in [0.5, 0.6) is 0 Å². The van der Waals surface area contributed by atoms with Gasteiger partial charge in [0.2, 0.25) is 0 Å². The van der Waals surface area contributed by atoms with E-state index in [1.807, 2.05) is 0 Å². The maximum atomic E-state index is 9.23. The summed E-state index contributed by atoms with van der Waals surface area (Å²) in [6.07, 6.45) is 0. The summed E-state index contributed by atoms with van der Waals surface area (Å²) in [6, 6.07) is -0.940. The van der Waals surface area contributed by atoms with E-state index in [4.69, 9.17) is 26.8 Å². The van der Waals surface area contributed by atoms with E-state index in [9.17, 15) is 4.79 Å². The molecule has 0 rings (SSSR count). The fourth-order valence-electron chi connectivity index (χ4n) is 0. The van der Waals surface area contributed by atoms with Crippen LogP contribution >= 0.6 is 0 Å². The van der Waals surface area contributed by atoms with E-state index in [0.29, 0.717) is 13.1 Å². The van der Waals surface area contributed by atoms with Crippen molar-refractivity contribution in [1.29, 1.82) is 0 Å². The van der Waals surface area contributed by atoms with Crippen LogP contribution in [-0.2, 0) is 21.1 Å². The van der Waals surface area contributed by atoms with Gasteiger partial charge in [-0.2, -0.15) is 0 Å². The predicted octanol–water partition coefficient (Wildman–Crippen LogP) is -1.91. The SMILES string of the molecule is NC(=O)NO.NCCN.O=NO.[Pt+4]. The van der Waals surface area contributed by atoms with Crippen LogP contribution in [0.1, 0.15) is 0 Å². The summed E-state index contributed by atoms with van der Waals surface area (Å²) in [5.41, 5.74) is 15.3. The summed E-state index contributed by atoms with van der Waals surface area (Å²) in [6.45, 7) is 1.19. The molecule has 9 N–H and O–H groups in total. The van der Waals surface area contributed by atoms with E-state index in [2.05, 4.69) is 5.73 Å². The quantitative estimate of drug-likeness (QED) is 0.176. The average Bonchev–Trinajstić information content (AvgIpc) is 2.06. The van der Waals surface area contributed by atoms with Crippen molar-refractivity contribution < 1.29 is 36.3 Å². The molecule has 0 atom stereocenters. The number of nitrogens with one attached hydrogen (secondary N) is 1. The minimum Gasteiger partial charge on any atom is -0.379 e. The number of amides is 2. The zero-order valence-electron chi connectivity index (χ0n) is 6.62.